The maximum atomic E-state index is 13.6. The first-order valence-corrected chi connectivity index (χ1v) is 20.0. The van der Waals surface area contributed by atoms with Crippen LogP contribution in [0.5, 0.6) is 5.75 Å². The van der Waals surface area contributed by atoms with Gasteiger partial charge in [-0.3, -0.25) is 4.21 Å². The number of benzene rings is 3. The lowest BCUT2D eigenvalue weighted by molar-refractivity contribution is 0.0872. The minimum absolute atomic E-state index is 0.424. The second-order valence-corrected chi connectivity index (χ2v) is 15.8. The van der Waals surface area contributed by atoms with E-state index in [1.165, 1.54) is 0 Å². The number of β-amino-alcohol motifs (C(OH)–C–C–N with tert-alkyl or cyclic N) is 1. The first kappa shape index (κ1) is 37.5. The van der Waals surface area contributed by atoms with Gasteiger partial charge in [-0.05, 0) is 117 Å². The Kier molecular flexibility index (Phi) is 12.3. The van der Waals surface area contributed by atoms with Gasteiger partial charge < -0.3 is 29.0 Å². The molecule has 3 heterocycles. The van der Waals surface area contributed by atoms with E-state index in [2.05, 4.69) is 69.7 Å². The average molecular weight is 724 g/mol. The summed E-state index contributed by atoms with van der Waals surface area (Å²) < 4.78 is 27.2. The Labute approximate surface area is 310 Å². The summed E-state index contributed by atoms with van der Waals surface area (Å²) in [6, 6.07) is 20.6. The van der Waals surface area contributed by atoms with Crippen molar-refractivity contribution in [1.82, 2.24) is 19.5 Å². The molecule has 0 amide bonds. The third-order valence-electron chi connectivity index (χ3n) is 9.38. The normalized spacial score (nSPS) is 15.2. The highest BCUT2D eigenvalue weighted by Gasteiger charge is 2.23. The quantitative estimate of drug-likeness (QED) is 0.0984. The third-order valence-corrected chi connectivity index (χ3v) is 10.7. The molecule has 10 heteroatoms. The second kappa shape index (κ2) is 17.1. The maximum Gasteiger partial charge on any atom is 0.134 e. The molecule has 0 unspecified atom stereocenters. The number of hydrogen-bond acceptors (Lipinski definition) is 7. The van der Waals surface area contributed by atoms with E-state index in [1.807, 2.05) is 57.4 Å². The van der Waals surface area contributed by atoms with Crippen molar-refractivity contribution in [2.75, 3.05) is 37.8 Å². The number of aromatic amines is 1. The lowest BCUT2D eigenvalue weighted by Crippen LogP contribution is -2.39. The molecule has 3 aromatic carbocycles. The number of H-pyrrole nitrogens is 1. The highest BCUT2D eigenvalue weighted by atomic mass is 32.2. The summed E-state index contributed by atoms with van der Waals surface area (Å²) in [7, 11) is -1.22. The van der Waals surface area contributed by atoms with Crippen molar-refractivity contribution < 1.29 is 18.8 Å². The Bertz CT molecular complexity index is 2010. The van der Waals surface area contributed by atoms with Crippen molar-refractivity contribution in [3.8, 4) is 16.9 Å². The number of fused-ring (bicyclic) bond motifs is 2. The van der Waals surface area contributed by atoms with Crippen LogP contribution in [0.2, 0.25) is 0 Å². The minimum atomic E-state index is -1.22. The van der Waals surface area contributed by atoms with E-state index in [9.17, 15) is 9.32 Å². The van der Waals surface area contributed by atoms with Gasteiger partial charge in [-0.25, -0.2) is 9.97 Å². The first-order valence-electron chi connectivity index (χ1n) is 18.6. The minimum Gasteiger partial charge on any atom is -0.491 e. The molecule has 1 aliphatic heterocycles. The predicted molar refractivity (Wildman–Crippen MR) is 212 cm³/mol. The molecule has 0 saturated heterocycles. The second-order valence-electron chi connectivity index (χ2n) is 14.3. The van der Waals surface area contributed by atoms with E-state index in [-0.39, 0.29) is 0 Å². The van der Waals surface area contributed by atoms with Gasteiger partial charge in [-0.15, -0.1) is 0 Å². The zero-order chi connectivity index (χ0) is 36.7. The van der Waals surface area contributed by atoms with Crippen LogP contribution in [0.15, 0.2) is 71.9 Å². The van der Waals surface area contributed by atoms with Gasteiger partial charge in [0.15, 0.2) is 0 Å². The van der Waals surface area contributed by atoms with Crippen LogP contribution in [0.25, 0.3) is 33.8 Å². The molecule has 2 aromatic heterocycles. The van der Waals surface area contributed by atoms with Crippen molar-refractivity contribution in [2.45, 2.75) is 89.5 Å². The van der Waals surface area contributed by atoms with Crippen molar-refractivity contribution in [1.29, 1.82) is 0 Å². The molecule has 52 heavy (non-hydrogen) atoms. The van der Waals surface area contributed by atoms with Gasteiger partial charge in [0.1, 0.15) is 18.2 Å². The molecule has 0 radical (unpaired) electrons. The van der Waals surface area contributed by atoms with Crippen LogP contribution < -0.4 is 9.64 Å². The van der Waals surface area contributed by atoms with Gasteiger partial charge in [0, 0.05) is 36.8 Å². The molecule has 0 aliphatic carbocycles. The predicted octanol–water partition coefficient (Wildman–Crippen LogP) is 8.56. The summed E-state index contributed by atoms with van der Waals surface area (Å²) in [6.45, 7) is 14.1. The number of ether oxygens (including phenoxy) is 2. The molecule has 0 bridgehead atoms. The molecule has 0 saturated carbocycles. The molecule has 0 fully saturated rings. The number of imidazole rings is 2. The topological polar surface area (TPSA) is 106 Å². The summed E-state index contributed by atoms with van der Waals surface area (Å²) in [6.07, 6.45) is 9.00. The fraction of sp³-hybridized carbons (Fsp3) is 0.429. The lowest BCUT2D eigenvalue weighted by atomic mass is 9.96. The highest BCUT2D eigenvalue weighted by Crippen LogP contribution is 2.35. The van der Waals surface area contributed by atoms with Gasteiger partial charge in [0.2, 0.25) is 0 Å². The van der Waals surface area contributed by atoms with Crippen LogP contribution in [0.1, 0.15) is 82.6 Å². The number of nitrogens with one attached hydrogen (secondary N) is 1. The molecular formula is C42H53N5O4S. The number of rotatable bonds is 16. The molecule has 1 aliphatic rings. The van der Waals surface area contributed by atoms with E-state index < -0.39 is 16.4 Å². The number of aliphatic hydroxyl groups is 1. The molecular weight excluding hydrogens is 671 g/mol. The largest absolute Gasteiger partial charge is 0.491 e. The number of unbranched alkanes of at least 4 members (excludes halogenated alkanes) is 1. The van der Waals surface area contributed by atoms with Crippen LogP contribution in [-0.2, 0) is 27.8 Å². The fourth-order valence-electron chi connectivity index (χ4n) is 6.73. The molecule has 9 nitrogen and oxygen atoms in total. The average Bonchev–Trinajstić information content (AvgIpc) is 3.70. The highest BCUT2D eigenvalue weighted by molar-refractivity contribution is 7.84. The molecule has 2 N–H and O–H groups in total. The molecule has 1 atom stereocenters. The summed E-state index contributed by atoms with van der Waals surface area (Å²) in [4.78, 5) is 16.1. The van der Waals surface area contributed by atoms with E-state index in [4.69, 9.17) is 14.5 Å². The van der Waals surface area contributed by atoms with Crippen molar-refractivity contribution in [2.24, 2.45) is 0 Å². The molecule has 276 valence electrons. The third kappa shape index (κ3) is 9.40. The molecule has 5 aromatic rings. The van der Waals surface area contributed by atoms with Crippen LogP contribution in [0.3, 0.4) is 0 Å². The summed E-state index contributed by atoms with van der Waals surface area (Å²) in [5, 5.41) is 10.8. The van der Waals surface area contributed by atoms with E-state index in [0.29, 0.717) is 25.5 Å². The number of nitrogens with zero attached hydrogens (tertiary/aromatic N) is 4. The van der Waals surface area contributed by atoms with E-state index >= 15 is 0 Å². The summed E-state index contributed by atoms with van der Waals surface area (Å²) >= 11 is 0. The zero-order valence-electron chi connectivity index (χ0n) is 31.3. The van der Waals surface area contributed by atoms with E-state index in [1.54, 1.807) is 0 Å². The Morgan fingerprint density at radius 1 is 0.981 bits per heavy atom. The van der Waals surface area contributed by atoms with Gasteiger partial charge in [0.25, 0.3) is 0 Å². The lowest BCUT2D eigenvalue weighted by Gasteiger charge is -2.33. The maximum absolute atomic E-state index is 13.6. The summed E-state index contributed by atoms with van der Waals surface area (Å²) in [5.74, 6) is 2.07. The fourth-order valence-corrected chi connectivity index (χ4v) is 7.99. The SMILES string of the molecule is CCCCOCCOc1ccc(-c2ccc3c(c2)/C=C(/c2nc4ccc([S@@](=O)Cc5c(C)ncn5CCC)cc4[nH]2)CCCN3CC(C)(C)O)cc1. The van der Waals surface area contributed by atoms with Crippen molar-refractivity contribution >= 4 is 39.2 Å². The first-order chi connectivity index (χ1) is 25.1. The Balaban J connectivity index is 1.27. The smallest absolute Gasteiger partial charge is 0.134 e. The van der Waals surface area contributed by atoms with Crippen LogP contribution in [-0.4, -0.2) is 67.3 Å². The number of allylic oxidation sites excluding steroid dienone is 1. The Hall–Kier alpha value is -4.25. The van der Waals surface area contributed by atoms with Gasteiger partial charge in [-0.2, -0.15) is 0 Å². The summed E-state index contributed by atoms with van der Waals surface area (Å²) in [5.41, 5.74) is 8.28. The van der Waals surface area contributed by atoms with Gasteiger partial charge in [-0.1, -0.05) is 38.5 Å². The van der Waals surface area contributed by atoms with Crippen LogP contribution in [0.4, 0.5) is 5.69 Å². The number of anilines is 1. The molecule has 6 rings (SSSR count). The number of aromatic nitrogens is 4. The van der Waals surface area contributed by atoms with Crippen LogP contribution >= 0.6 is 0 Å². The molecule has 0 spiro atoms. The van der Waals surface area contributed by atoms with Gasteiger partial charge >= 0.3 is 0 Å². The van der Waals surface area contributed by atoms with Gasteiger partial charge in [0.05, 0.1) is 57.5 Å². The Morgan fingerprint density at radius 2 is 1.79 bits per heavy atom. The monoisotopic (exact) mass is 723 g/mol. The van der Waals surface area contributed by atoms with Crippen molar-refractivity contribution in [3.63, 3.8) is 0 Å². The van der Waals surface area contributed by atoms with Crippen molar-refractivity contribution in [3.05, 3.63) is 89.8 Å². The Morgan fingerprint density at radius 3 is 2.56 bits per heavy atom. The van der Waals surface area contributed by atoms with Crippen LogP contribution in [0, 0.1) is 6.92 Å². The standard InChI is InChI=1S/C42H53N5O4S/c1-6-8-21-50-22-23-51-35-14-11-31(12-15-35)32-13-18-39-34(24-32)25-33(10-9-20-46(39)28-42(4,5)48)41-44-37-17-16-36(26-38(37)45-41)52(49)27-40-30(3)43-29-47(40)19-7-2/h11-18,24-26,29,48H,6-10,19-23,27-28H2,1-5H3,(H,44,45)/b33-25+/t52-/m0/s1. The van der Waals surface area contributed by atoms with E-state index in [0.717, 1.165) is 119 Å². The zero-order valence-corrected chi connectivity index (χ0v) is 32.1. The number of aryl methyl sites for hydroxylation is 2. The number of hydrogen-bond donors (Lipinski definition) is 2.